The topological polar surface area (TPSA) is 160 Å². The van der Waals surface area contributed by atoms with E-state index in [-0.39, 0.29) is 89.1 Å². The van der Waals surface area contributed by atoms with E-state index < -0.39 is 42.8 Å². The van der Waals surface area contributed by atoms with Gasteiger partial charge in [0.15, 0.2) is 16.6 Å². The summed E-state index contributed by atoms with van der Waals surface area (Å²) in [5.74, 6) is 0.414. The fraction of sp³-hybridized carbons (Fsp3) is 0.979. The third-order valence-electron chi connectivity index (χ3n) is 14.7. The summed E-state index contributed by atoms with van der Waals surface area (Å²) in [6.07, 6.45) is -0.813. The van der Waals surface area contributed by atoms with Crippen molar-refractivity contribution in [2.24, 2.45) is 5.92 Å². The van der Waals surface area contributed by atoms with Gasteiger partial charge in [0, 0.05) is 29.0 Å². The van der Waals surface area contributed by atoms with Crippen molar-refractivity contribution >= 4 is 25.2 Å². The maximum absolute atomic E-state index is 8.82. The van der Waals surface area contributed by atoms with Gasteiger partial charge in [-0.2, -0.15) is 5.26 Å². The van der Waals surface area contributed by atoms with Crippen LogP contribution in [0.1, 0.15) is 140 Å². The molecule has 0 radical (unpaired) electrons. The van der Waals surface area contributed by atoms with Crippen molar-refractivity contribution in [2.75, 3.05) is 40.6 Å². The SMILES string of the molecule is CC(C)[C@]12CO[C@H]([C@H](C)O1)[C@H]2O[Si](C)(C)C(C)(C)C.[2H][C@@H](C)[C@]12CO[C@H]([C@H](C)O1)[C@H]2OP(OCCC#N)N(C(C)C)C(C)C.[2H][C@@H](C)[C@]12CO[C@H]([C@H](C)O1)[C@H]2O[Si](C)(C)C(C)(C)C.[3H]OC.[3H]OC. The number of nitriles is 1. The summed E-state index contributed by atoms with van der Waals surface area (Å²) in [7, 11) is -2.47. The van der Waals surface area contributed by atoms with E-state index in [0.717, 1.165) is 0 Å². The van der Waals surface area contributed by atoms with Gasteiger partial charge in [-0.15, -0.1) is 0 Å². The van der Waals surface area contributed by atoms with Gasteiger partial charge < -0.3 is 56.5 Å². The second-order valence-corrected chi connectivity index (χ2v) is 33.0. The molecule has 15 atom stereocenters. The largest absolute Gasteiger partial charge is 0.408 e. The molecule has 0 aromatic heterocycles. The summed E-state index contributed by atoms with van der Waals surface area (Å²) in [6, 6.07) is 2.57. The Hall–Kier alpha value is -0.166. The van der Waals surface area contributed by atoms with Crippen LogP contribution in [0.15, 0.2) is 0 Å². The van der Waals surface area contributed by atoms with Gasteiger partial charge in [0.25, 0.3) is 8.53 Å². The van der Waals surface area contributed by atoms with Crippen molar-refractivity contribution in [2.45, 2.75) is 257 Å². The first kappa shape index (κ1) is 54.2. The van der Waals surface area contributed by atoms with Crippen LogP contribution in [0.25, 0.3) is 0 Å². The van der Waals surface area contributed by atoms with Crippen molar-refractivity contribution in [1.29, 1.82) is 8.12 Å². The van der Waals surface area contributed by atoms with Gasteiger partial charge >= 0.3 is 0 Å². The molecule has 6 saturated heterocycles. The van der Waals surface area contributed by atoms with Crippen LogP contribution in [-0.4, -0.2) is 159 Å². The van der Waals surface area contributed by atoms with E-state index in [0.29, 0.717) is 38.8 Å². The number of ether oxygens (including phenoxy) is 6. The molecule has 0 aliphatic carbocycles. The van der Waals surface area contributed by atoms with Gasteiger partial charge in [-0.1, -0.05) is 69.2 Å². The minimum absolute atomic E-state index is 0.0121. The van der Waals surface area contributed by atoms with Gasteiger partial charge in [-0.05, 0) is 103 Å². The zero-order valence-electron chi connectivity index (χ0n) is 48.9. The lowest BCUT2D eigenvalue weighted by atomic mass is 9.87. The number of rotatable bonds is 15. The molecule has 1 unspecified atom stereocenters. The number of nitrogens with zero attached hydrogens (tertiary/aromatic N) is 2. The number of hydrogen-bond acceptors (Lipinski definition) is 14. The van der Waals surface area contributed by atoms with E-state index in [9.17, 15) is 0 Å². The Bertz CT molecular complexity index is 1520. The van der Waals surface area contributed by atoms with E-state index in [1.165, 1.54) is 14.2 Å². The molecule has 0 aromatic carbocycles. The summed E-state index contributed by atoms with van der Waals surface area (Å²) in [4.78, 5) is 0. The Labute approximate surface area is 405 Å². The van der Waals surface area contributed by atoms with Crippen LogP contribution in [0.4, 0.5) is 0 Å². The monoisotopic (exact) mass is 987 g/mol. The van der Waals surface area contributed by atoms with E-state index in [4.69, 9.17) is 57.2 Å². The fourth-order valence-corrected chi connectivity index (χ4v) is 13.3. The average Bonchev–Trinajstić information content (AvgIpc) is 4.02. The van der Waals surface area contributed by atoms with Crippen LogP contribution in [0.3, 0.4) is 0 Å². The molecule has 6 heterocycles. The van der Waals surface area contributed by atoms with Crippen LogP contribution in [0, 0.1) is 17.2 Å². The minimum atomic E-state index is -1.88. The highest BCUT2D eigenvalue weighted by Crippen LogP contribution is 2.55. The maximum Gasteiger partial charge on any atom is 0.259 e. The summed E-state index contributed by atoms with van der Waals surface area (Å²) in [5.41, 5.74) is -1.55. The third-order valence-corrected chi connectivity index (χ3v) is 25.7. The lowest BCUT2D eigenvalue weighted by molar-refractivity contribution is -0.157. The van der Waals surface area contributed by atoms with Crippen molar-refractivity contribution in [1.82, 2.24) is 4.67 Å². The number of fused-ring (bicyclic) bond motifs is 6. The lowest BCUT2D eigenvalue weighted by Crippen LogP contribution is -2.53. The van der Waals surface area contributed by atoms with Gasteiger partial charge in [-0.25, -0.2) is 4.67 Å². The fourth-order valence-electron chi connectivity index (χ4n) is 8.84. The highest BCUT2D eigenvalue weighted by Gasteiger charge is 2.65. The molecule has 6 rings (SSSR count). The maximum atomic E-state index is 8.82. The van der Waals surface area contributed by atoms with Crippen LogP contribution < -0.4 is 0 Å². The second-order valence-electron chi connectivity index (χ2n) is 22.1. The predicted molar refractivity (Wildman–Crippen MR) is 265 cm³/mol. The standard InChI is InChI=1S/C17H31N2O4P.C15H30O3Si.C14H28O3Si.2CH4O/c1-7-17-11-20-15(14(6)22-17)16(17)23-24(21-10-8-9-18)19(12(2)3)13(4)5;1-10(2)15-9-16-12(11(3)17-15)13(15)18-19(7,8)14(4,5)6;1-8-14-9-15-11(10(2)16-14)12(14)17-18(6,7)13(3,4)5;2*1-2/h12-16H,7-8,10-11H2,1-6H3;10-13H,9H2,1-8H3;10-12H,8-9H2,1-7H3;2*2H,1H3/t14-,15+,16+,17+,24?;11-,12+,13+,15-;10-,11+,12+,14+;;/m000../s1/i7D;;8D;2*2T/t7-,14-,15+,16+,17+,24?;;8-,10-,11+,12+,14+;;. The van der Waals surface area contributed by atoms with Crippen LogP contribution in [0.2, 0.25) is 36.3 Å². The summed E-state index contributed by atoms with van der Waals surface area (Å²) >= 11 is 0. The molecule has 14 nitrogen and oxygen atoms in total. The van der Waals surface area contributed by atoms with Gasteiger partial charge in [0.1, 0.15) is 53.4 Å². The molecule has 0 spiro atoms. The Kier molecular flexibility index (Phi) is 20.3. The van der Waals surface area contributed by atoms with E-state index in [1.54, 1.807) is 0 Å². The molecule has 6 aliphatic rings. The molecule has 6 bridgehead atoms. The number of aliphatic hydroxyl groups is 2. The highest BCUT2D eigenvalue weighted by atomic mass is 31.2. The Balaban J connectivity index is 0.000000339. The number of hydrogen-bond donors (Lipinski definition) is 2. The molecule has 17 heteroatoms. The van der Waals surface area contributed by atoms with Crippen molar-refractivity contribution in [3.63, 3.8) is 0 Å². The normalized spacial score (nSPS) is 37.1. The molecular formula is C48H97N2O12PSi2. The third kappa shape index (κ3) is 13.2. The van der Waals surface area contributed by atoms with Crippen LogP contribution in [0.5, 0.6) is 0 Å². The summed E-state index contributed by atoms with van der Waals surface area (Å²) in [6.45, 7) is 47.2. The Morgan fingerprint density at radius 1 is 0.738 bits per heavy atom. The van der Waals surface area contributed by atoms with E-state index >= 15 is 0 Å². The molecule has 2 N–H and O–H groups in total. The molecule has 6 aliphatic heterocycles. The first-order chi connectivity index (χ1) is 31.6. The molecule has 0 aromatic rings. The molecule has 6 fully saturated rings. The van der Waals surface area contributed by atoms with Crippen LogP contribution >= 0.6 is 8.53 Å². The first-order valence-corrected chi connectivity index (χ1v) is 30.9. The zero-order chi connectivity index (χ0) is 53.5. The molecule has 65 heavy (non-hydrogen) atoms. The second kappa shape index (κ2) is 24.3. The smallest absolute Gasteiger partial charge is 0.259 e. The van der Waals surface area contributed by atoms with E-state index in [1.807, 2.05) is 27.7 Å². The molecular weight excluding hydrogens is 884 g/mol. The van der Waals surface area contributed by atoms with Crippen molar-refractivity contribution in [3.8, 4) is 6.07 Å². The first-order valence-electron chi connectivity index (χ1n) is 25.9. The lowest BCUT2D eigenvalue weighted by Gasteiger charge is -2.42. The Morgan fingerprint density at radius 2 is 1.12 bits per heavy atom. The Morgan fingerprint density at radius 3 is 1.49 bits per heavy atom. The quantitative estimate of drug-likeness (QED) is 0.0907. The zero-order valence-corrected chi connectivity index (χ0v) is 47.8. The van der Waals surface area contributed by atoms with Gasteiger partial charge in [0.05, 0.1) is 57.2 Å². The summed E-state index contributed by atoms with van der Waals surface area (Å²) < 4.78 is 91.8. The number of aliphatic hydroxyl groups excluding tert-OH is 2. The predicted octanol–water partition coefficient (Wildman–Crippen LogP) is 9.76. The molecule has 0 saturated carbocycles. The summed E-state index contributed by atoms with van der Waals surface area (Å²) in [5, 5.41) is 16.2. The van der Waals surface area contributed by atoms with E-state index in [2.05, 4.69) is 137 Å². The van der Waals surface area contributed by atoms with Crippen molar-refractivity contribution in [3.05, 3.63) is 0 Å². The molecule has 0 amide bonds. The average molecular weight is 987 g/mol. The molecule has 384 valence electrons. The van der Waals surface area contributed by atoms with Crippen LogP contribution in [-0.2, 0) is 46.3 Å². The van der Waals surface area contributed by atoms with Gasteiger partial charge in [0.2, 0.25) is 2.86 Å². The minimum Gasteiger partial charge on any atom is -0.408 e. The van der Waals surface area contributed by atoms with Crippen molar-refractivity contribution < 1.29 is 59.3 Å². The van der Waals surface area contributed by atoms with Gasteiger partial charge in [-0.3, -0.25) is 0 Å². The highest BCUT2D eigenvalue weighted by molar-refractivity contribution is 7.44.